The van der Waals surface area contributed by atoms with Crippen LogP contribution in [0.3, 0.4) is 0 Å². The number of hydrogen-bond donors (Lipinski definition) is 2. The smallest absolute Gasteiger partial charge is 0.271 e. The molecule has 4 rings (SSSR count). The van der Waals surface area contributed by atoms with E-state index in [0.29, 0.717) is 22.8 Å². The Hall–Kier alpha value is -3.64. The number of aromatic nitrogens is 3. The van der Waals surface area contributed by atoms with E-state index in [1.165, 1.54) is 4.79 Å². The maximum atomic E-state index is 12.6. The number of amides is 1. The zero-order valence-electron chi connectivity index (χ0n) is 15.4. The molecule has 0 saturated heterocycles. The van der Waals surface area contributed by atoms with E-state index in [1.54, 1.807) is 24.3 Å². The Morgan fingerprint density at radius 2 is 1.55 bits per heavy atom. The molecule has 0 spiro atoms. The Labute approximate surface area is 173 Å². The van der Waals surface area contributed by atoms with E-state index >= 15 is 0 Å². The first-order chi connectivity index (χ1) is 14.2. The summed E-state index contributed by atoms with van der Waals surface area (Å²) in [5.74, 6) is -0.299. The van der Waals surface area contributed by atoms with E-state index in [4.69, 9.17) is 11.6 Å². The van der Waals surface area contributed by atoms with Crippen LogP contribution < -0.4 is 10.7 Å². The zero-order chi connectivity index (χ0) is 20.1. The largest absolute Gasteiger partial charge is 0.379 e. The summed E-state index contributed by atoms with van der Waals surface area (Å²) in [6, 6.07) is 26.2. The molecule has 0 unspecified atom stereocenters. The minimum absolute atomic E-state index is 0.299. The average Bonchev–Trinajstić information content (AvgIpc) is 3.16. The quantitative estimate of drug-likeness (QED) is 0.493. The van der Waals surface area contributed by atoms with Gasteiger partial charge in [-0.15, -0.1) is 5.10 Å². The van der Waals surface area contributed by atoms with Crippen molar-refractivity contribution in [2.75, 3.05) is 10.7 Å². The van der Waals surface area contributed by atoms with Gasteiger partial charge in [0.1, 0.15) is 11.4 Å². The van der Waals surface area contributed by atoms with Gasteiger partial charge in [-0.2, -0.15) is 4.79 Å². The molecule has 4 aromatic rings. The number of benzene rings is 3. The second kappa shape index (κ2) is 8.58. The number of carbonyl (C=O) groups excluding carboxylic acids is 1. The van der Waals surface area contributed by atoms with Gasteiger partial charge < -0.3 is 5.32 Å². The number of para-hydroxylation sites is 1. The van der Waals surface area contributed by atoms with Crippen LogP contribution in [0.4, 0.5) is 5.69 Å². The number of anilines is 1. The van der Waals surface area contributed by atoms with Crippen LogP contribution in [0.1, 0.15) is 16.1 Å². The van der Waals surface area contributed by atoms with Crippen molar-refractivity contribution in [3.05, 3.63) is 101 Å². The van der Waals surface area contributed by atoms with Gasteiger partial charge in [-0.1, -0.05) is 60.1 Å². The third kappa shape index (κ3) is 4.44. The van der Waals surface area contributed by atoms with E-state index in [2.05, 4.69) is 21.1 Å². The van der Waals surface area contributed by atoms with Crippen LogP contribution in [0.15, 0.2) is 84.9 Å². The summed E-state index contributed by atoms with van der Waals surface area (Å²) in [7, 11) is 0. The number of hydrogen-bond acceptors (Lipinski definition) is 4. The highest BCUT2D eigenvalue weighted by Crippen LogP contribution is 2.21. The molecule has 0 bridgehead atoms. The Morgan fingerprint density at radius 3 is 2.24 bits per heavy atom. The van der Waals surface area contributed by atoms with E-state index in [-0.39, 0.29) is 5.91 Å². The highest BCUT2D eigenvalue weighted by Gasteiger charge is 2.17. The highest BCUT2D eigenvalue weighted by molar-refractivity contribution is 6.30. The molecule has 2 N–H and O–H groups in total. The topological polar surface area (TPSA) is 71.8 Å². The molecule has 1 amide bonds. The van der Waals surface area contributed by atoms with Crippen LogP contribution in [0.2, 0.25) is 5.02 Å². The van der Waals surface area contributed by atoms with Crippen molar-refractivity contribution in [2.45, 2.75) is 6.54 Å². The summed E-state index contributed by atoms with van der Waals surface area (Å²) in [5, 5.41) is 12.4. The third-order valence-corrected chi connectivity index (χ3v) is 4.61. The minimum atomic E-state index is -0.299. The molecule has 144 valence electrons. The van der Waals surface area contributed by atoms with Gasteiger partial charge in [0.25, 0.3) is 5.91 Å². The van der Waals surface area contributed by atoms with E-state index in [1.807, 2.05) is 60.7 Å². The standard InChI is InChI=1S/C22H18ClN5O/c23-18-13-11-17(12-14-18)22(29)26-28-20(15-24-19-9-5-2-6-10-19)21(25-27-28)16-7-3-1-4-8-16/h1-14,24H,15H2,(H,26,29). The number of rotatable bonds is 6. The minimum Gasteiger partial charge on any atom is -0.379 e. The SMILES string of the molecule is O=C(Nn1nnc(-c2ccccc2)c1CNc1ccccc1)c1ccc(Cl)cc1. The van der Waals surface area contributed by atoms with Gasteiger partial charge in [-0.3, -0.25) is 4.79 Å². The van der Waals surface area contributed by atoms with Gasteiger partial charge in [0.2, 0.25) is 0 Å². The Kier molecular flexibility index (Phi) is 5.54. The molecule has 0 aliphatic carbocycles. The van der Waals surface area contributed by atoms with Crippen molar-refractivity contribution < 1.29 is 4.79 Å². The lowest BCUT2D eigenvalue weighted by atomic mass is 10.1. The number of halogens is 1. The third-order valence-electron chi connectivity index (χ3n) is 4.36. The predicted molar refractivity (Wildman–Crippen MR) is 114 cm³/mol. The summed E-state index contributed by atoms with van der Waals surface area (Å²) in [5.41, 5.74) is 6.59. The molecule has 3 aromatic carbocycles. The zero-order valence-corrected chi connectivity index (χ0v) is 16.2. The van der Waals surface area contributed by atoms with Crippen LogP contribution in [0.5, 0.6) is 0 Å². The van der Waals surface area contributed by atoms with Gasteiger partial charge in [0.05, 0.1) is 6.54 Å². The lowest BCUT2D eigenvalue weighted by Gasteiger charge is -2.11. The van der Waals surface area contributed by atoms with E-state index < -0.39 is 0 Å². The van der Waals surface area contributed by atoms with Crippen molar-refractivity contribution in [2.24, 2.45) is 0 Å². The first-order valence-electron chi connectivity index (χ1n) is 9.06. The summed E-state index contributed by atoms with van der Waals surface area (Å²) in [4.78, 5) is 14.0. The fourth-order valence-corrected chi connectivity index (χ4v) is 3.00. The maximum absolute atomic E-state index is 12.6. The number of nitrogens with one attached hydrogen (secondary N) is 2. The van der Waals surface area contributed by atoms with Gasteiger partial charge in [-0.05, 0) is 41.6 Å². The molecular formula is C22H18ClN5O. The van der Waals surface area contributed by atoms with Crippen LogP contribution >= 0.6 is 11.6 Å². The first kappa shape index (κ1) is 18.7. The average molecular weight is 404 g/mol. The second-order valence-electron chi connectivity index (χ2n) is 6.33. The molecular weight excluding hydrogens is 386 g/mol. The molecule has 29 heavy (non-hydrogen) atoms. The Bertz CT molecular complexity index is 1100. The Morgan fingerprint density at radius 1 is 0.897 bits per heavy atom. The van der Waals surface area contributed by atoms with Crippen LogP contribution in [-0.2, 0) is 6.54 Å². The molecule has 0 radical (unpaired) electrons. The molecule has 0 atom stereocenters. The molecule has 1 heterocycles. The Balaban J connectivity index is 1.63. The normalized spacial score (nSPS) is 10.5. The number of carbonyl (C=O) groups is 1. The lowest BCUT2D eigenvalue weighted by molar-refractivity contribution is 0.100. The van der Waals surface area contributed by atoms with Crippen LogP contribution in [0, 0.1) is 0 Å². The van der Waals surface area contributed by atoms with Crippen molar-refractivity contribution in [3.63, 3.8) is 0 Å². The molecule has 6 nitrogen and oxygen atoms in total. The molecule has 0 aliphatic rings. The van der Waals surface area contributed by atoms with Gasteiger partial charge in [-0.25, -0.2) is 5.43 Å². The highest BCUT2D eigenvalue weighted by atomic mass is 35.5. The van der Waals surface area contributed by atoms with E-state index in [9.17, 15) is 4.79 Å². The summed E-state index contributed by atoms with van der Waals surface area (Å²) < 4.78 is 0. The number of nitrogens with zero attached hydrogens (tertiary/aromatic N) is 3. The molecule has 0 aliphatic heterocycles. The van der Waals surface area contributed by atoms with Crippen molar-refractivity contribution in [3.8, 4) is 11.3 Å². The summed E-state index contributed by atoms with van der Waals surface area (Å²) in [6.07, 6.45) is 0. The van der Waals surface area contributed by atoms with Crippen LogP contribution in [0.25, 0.3) is 11.3 Å². The summed E-state index contributed by atoms with van der Waals surface area (Å²) >= 11 is 5.90. The molecule has 0 saturated carbocycles. The predicted octanol–water partition coefficient (Wildman–Crippen LogP) is 4.59. The summed E-state index contributed by atoms with van der Waals surface area (Å²) in [6.45, 7) is 0.433. The fourth-order valence-electron chi connectivity index (χ4n) is 2.87. The molecule has 7 heteroatoms. The monoisotopic (exact) mass is 403 g/mol. The van der Waals surface area contributed by atoms with Crippen molar-refractivity contribution >= 4 is 23.2 Å². The lowest BCUT2D eigenvalue weighted by Crippen LogP contribution is -2.26. The van der Waals surface area contributed by atoms with Crippen molar-refractivity contribution in [1.82, 2.24) is 15.1 Å². The van der Waals surface area contributed by atoms with E-state index in [0.717, 1.165) is 16.9 Å². The van der Waals surface area contributed by atoms with Crippen LogP contribution in [-0.4, -0.2) is 21.0 Å². The van der Waals surface area contributed by atoms with Gasteiger partial charge >= 0.3 is 0 Å². The van der Waals surface area contributed by atoms with Crippen molar-refractivity contribution in [1.29, 1.82) is 0 Å². The fraction of sp³-hybridized carbons (Fsp3) is 0.0455. The van der Waals surface area contributed by atoms with Gasteiger partial charge in [0.15, 0.2) is 0 Å². The van der Waals surface area contributed by atoms with Gasteiger partial charge in [0, 0.05) is 21.8 Å². The molecule has 0 fully saturated rings. The molecule has 1 aromatic heterocycles. The maximum Gasteiger partial charge on any atom is 0.271 e. The first-order valence-corrected chi connectivity index (χ1v) is 9.44. The second-order valence-corrected chi connectivity index (χ2v) is 6.77.